The first-order valence-electron chi connectivity index (χ1n) is 15.2. The molecule has 232 valence electrons. The number of benzene rings is 2. The first-order chi connectivity index (χ1) is 21.7. The van der Waals surface area contributed by atoms with Crippen LogP contribution in [0.1, 0.15) is 44.0 Å². The first kappa shape index (κ1) is 29.2. The van der Waals surface area contributed by atoms with E-state index >= 15 is 4.39 Å². The zero-order valence-electron chi connectivity index (χ0n) is 25.4. The highest BCUT2D eigenvalue weighted by Gasteiger charge is 2.34. The van der Waals surface area contributed by atoms with Gasteiger partial charge in [0.25, 0.3) is 0 Å². The Morgan fingerprint density at radius 3 is 2.78 bits per heavy atom. The fourth-order valence-corrected chi connectivity index (χ4v) is 6.71. The Morgan fingerprint density at radius 2 is 2.00 bits per heavy atom. The van der Waals surface area contributed by atoms with Gasteiger partial charge in [0.15, 0.2) is 5.82 Å². The number of aromatic nitrogens is 6. The summed E-state index contributed by atoms with van der Waals surface area (Å²) >= 11 is 6.92. The van der Waals surface area contributed by atoms with Crippen LogP contribution in [0.5, 0.6) is 6.01 Å². The van der Waals surface area contributed by atoms with Gasteiger partial charge in [0.05, 0.1) is 23.3 Å². The molecule has 2 aromatic carbocycles. The van der Waals surface area contributed by atoms with E-state index in [2.05, 4.69) is 36.2 Å². The summed E-state index contributed by atoms with van der Waals surface area (Å²) in [5.41, 5.74) is 2.64. The van der Waals surface area contributed by atoms with Gasteiger partial charge in [-0.1, -0.05) is 24.2 Å². The molecule has 2 fully saturated rings. The molecule has 0 spiro atoms. The summed E-state index contributed by atoms with van der Waals surface area (Å²) in [5.74, 6) is 1.38. The van der Waals surface area contributed by atoms with Crippen molar-refractivity contribution < 1.29 is 13.9 Å². The Kier molecular flexibility index (Phi) is 7.43. The minimum Gasteiger partial charge on any atom is -0.461 e. The molecule has 5 aromatic rings. The zero-order chi connectivity index (χ0) is 31.4. The molecule has 0 radical (unpaired) electrons. The highest BCUT2D eigenvalue weighted by Crippen LogP contribution is 2.43. The van der Waals surface area contributed by atoms with Crippen molar-refractivity contribution >= 4 is 45.1 Å². The maximum atomic E-state index is 16.9. The normalized spacial score (nSPS) is 18.6. The van der Waals surface area contributed by atoms with Crippen LogP contribution in [0.25, 0.3) is 32.9 Å². The van der Waals surface area contributed by atoms with Crippen LogP contribution >= 0.6 is 11.6 Å². The maximum Gasteiger partial charge on any atom is 0.319 e. The molecule has 7 rings (SSSR count). The molecule has 1 aliphatic heterocycles. The van der Waals surface area contributed by atoms with Gasteiger partial charge in [0, 0.05) is 65.4 Å². The second-order valence-corrected chi connectivity index (χ2v) is 12.4. The van der Waals surface area contributed by atoms with Crippen LogP contribution in [0, 0.1) is 12.7 Å². The lowest BCUT2D eigenvalue weighted by Gasteiger charge is -2.44. The van der Waals surface area contributed by atoms with E-state index in [1.807, 2.05) is 39.1 Å². The number of carbonyl (C=O) groups excluding carboxylic acids is 1. The maximum absolute atomic E-state index is 16.9. The van der Waals surface area contributed by atoms with Crippen molar-refractivity contribution in [2.75, 3.05) is 24.6 Å². The van der Waals surface area contributed by atoms with Gasteiger partial charge in [-0.25, -0.2) is 9.37 Å². The Labute approximate surface area is 264 Å². The van der Waals surface area contributed by atoms with Gasteiger partial charge in [-0.3, -0.25) is 9.89 Å². The van der Waals surface area contributed by atoms with E-state index in [0.29, 0.717) is 42.3 Å². The Hall–Kier alpha value is -4.51. The molecule has 1 saturated carbocycles. The van der Waals surface area contributed by atoms with Crippen LogP contribution < -0.4 is 9.64 Å². The molecule has 3 aromatic heterocycles. The van der Waals surface area contributed by atoms with Crippen LogP contribution in [0.15, 0.2) is 49.4 Å². The molecule has 45 heavy (non-hydrogen) atoms. The zero-order valence-corrected chi connectivity index (χ0v) is 26.2. The number of hydrogen-bond donors (Lipinski definition) is 1. The number of aryl methyl sites for hydroxylation is 1. The van der Waals surface area contributed by atoms with Crippen LogP contribution in [0.2, 0.25) is 5.02 Å². The van der Waals surface area contributed by atoms with Crippen molar-refractivity contribution in [3.63, 3.8) is 0 Å². The molecular formula is C33H34ClFN8O2. The van der Waals surface area contributed by atoms with Crippen molar-refractivity contribution in [2.24, 2.45) is 0 Å². The Bertz CT molecular complexity index is 1950. The minimum absolute atomic E-state index is 0.0699. The number of anilines is 1. The fraction of sp³-hybridized carbons (Fsp3) is 0.364. The molecule has 2 aliphatic rings. The summed E-state index contributed by atoms with van der Waals surface area (Å²) in [6.07, 6.45) is 9.06. The van der Waals surface area contributed by atoms with E-state index in [0.717, 1.165) is 35.1 Å². The second kappa shape index (κ2) is 11.4. The third-order valence-corrected chi connectivity index (χ3v) is 9.19. The van der Waals surface area contributed by atoms with Crippen LogP contribution in [0.3, 0.4) is 0 Å². The third-order valence-electron chi connectivity index (χ3n) is 8.89. The molecule has 4 heterocycles. The van der Waals surface area contributed by atoms with Gasteiger partial charge in [-0.15, -0.1) is 0 Å². The number of H-pyrrole nitrogens is 1. The topological polar surface area (TPSA) is 105 Å². The predicted octanol–water partition coefficient (Wildman–Crippen LogP) is 6.04. The monoisotopic (exact) mass is 628 g/mol. The van der Waals surface area contributed by atoms with Gasteiger partial charge in [-0.05, 0) is 57.4 Å². The number of halogens is 2. The quantitative estimate of drug-likeness (QED) is 0.209. The molecule has 1 aliphatic carbocycles. The third kappa shape index (κ3) is 5.18. The van der Waals surface area contributed by atoms with Crippen molar-refractivity contribution in [3.05, 3.63) is 71.7 Å². The van der Waals surface area contributed by atoms with Gasteiger partial charge < -0.3 is 19.1 Å². The van der Waals surface area contributed by atoms with E-state index in [1.54, 1.807) is 23.4 Å². The number of fused-ring (bicyclic) bond motifs is 2. The summed E-state index contributed by atoms with van der Waals surface area (Å²) in [7, 11) is 0. The van der Waals surface area contributed by atoms with Crippen LogP contribution in [0.4, 0.5) is 10.2 Å². The van der Waals surface area contributed by atoms with Crippen molar-refractivity contribution in [3.8, 4) is 17.1 Å². The molecular weight excluding hydrogens is 595 g/mol. The molecule has 2 atom stereocenters. The summed E-state index contributed by atoms with van der Waals surface area (Å²) < 4.78 is 25.1. The lowest BCUT2D eigenvalue weighted by atomic mass is 9.95. The lowest BCUT2D eigenvalue weighted by Crippen LogP contribution is -2.58. The van der Waals surface area contributed by atoms with E-state index < -0.39 is 5.82 Å². The predicted molar refractivity (Wildman–Crippen MR) is 172 cm³/mol. The van der Waals surface area contributed by atoms with Gasteiger partial charge >= 0.3 is 6.01 Å². The number of carbonyl (C=O) groups is 1. The van der Waals surface area contributed by atoms with Gasteiger partial charge in [-0.2, -0.15) is 15.1 Å². The smallest absolute Gasteiger partial charge is 0.319 e. The summed E-state index contributed by atoms with van der Waals surface area (Å²) in [6.45, 7) is 11.3. The molecule has 1 N–H and O–H groups in total. The largest absolute Gasteiger partial charge is 0.461 e. The lowest BCUT2D eigenvalue weighted by molar-refractivity contribution is -0.128. The fourth-order valence-electron chi connectivity index (χ4n) is 6.42. The molecule has 1 amide bonds. The Morgan fingerprint density at radius 1 is 1.18 bits per heavy atom. The summed E-state index contributed by atoms with van der Waals surface area (Å²) in [4.78, 5) is 30.4. The average molecular weight is 629 g/mol. The number of imidazole rings is 1. The van der Waals surface area contributed by atoms with Gasteiger partial charge in [0.2, 0.25) is 5.91 Å². The standard InChI is InChI=1S/C33H34ClFN8O2/c1-5-26(44)42-16-20(4)43(17-19(42)3)32-22-14-24(34)28(27-18(2)6-9-25-23(27)15-37-40-25)29(35)30(22)38-33(39-32)45-13-12-41-11-10-36-31(41)21-7-8-21/h5-6,9-11,14-15,19-21H,1,7-8,12-13,16-17H2,2-4H3,(H,37,40)/t19-,20+/m1/s1. The van der Waals surface area contributed by atoms with E-state index in [-0.39, 0.29) is 46.7 Å². The number of ether oxygens (including phenoxy) is 1. The Balaban J connectivity index is 1.33. The van der Waals surface area contributed by atoms with Crippen molar-refractivity contribution in [2.45, 2.75) is 58.2 Å². The first-order valence-corrected chi connectivity index (χ1v) is 15.6. The summed E-state index contributed by atoms with van der Waals surface area (Å²) in [5, 5.41) is 8.61. The van der Waals surface area contributed by atoms with Crippen LogP contribution in [-0.4, -0.2) is 72.3 Å². The molecule has 0 bridgehead atoms. The molecule has 10 nitrogen and oxygen atoms in total. The molecule has 0 unspecified atom stereocenters. The van der Waals surface area contributed by atoms with Gasteiger partial charge in [0.1, 0.15) is 23.8 Å². The minimum atomic E-state index is -0.561. The highest BCUT2D eigenvalue weighted by atomic mass is 35.5. The SMILES string of the molecule is C=CC(=O)N1C[C@H](C)N(c2nc(OCCn3ccnc3C3CC3)nc3c(F)c(-c4c(C)ccc5[nH]ncc45)c(Cl)cc23)C[C@H]1C. The summed E-state index contributed by atoms with van der Waals surface area (Å²) in [6, 6.07) is 5.36. The molecule has 12 heteroatoms. The number of aromatic amines is 1. The van der Waals surface area contributed by atoms with E-state index in [1.165, 1.54) is 6.08 Å². The second-order valence-electron chi connectivity index (χ2n) is 12.0. The van der Waals surface area contributed by atoms with Crippen molar-refractivity contribution in [1.82, 2.24) is 34.6 Å². The average Bonchev–Trinajstić information content (AvgIpc) is 3.56. The van der Waals surface area contributed by atoms with E-state index in [9.17, 15) is 4.79 Å². The number of piperazine rings is 1. The van der Waals surface area contributed by atoms with Crippen molar-refractivity contribution in [1.29, 1.82) is 0 Å². The van der Waals surface area contributed by atoms with E-state index in [4.69, 9.17) is 21.3 Å². The number of hydrogen-bond acceptors (Lipinski definition) is 7. The molecule has 1 saturated heterocycles. The van der Waals surface area contributed by atoms with Crippen LogP contribution in [-0.2, 0) is 11.3 Å². The number of nitrogens with one attached hydrogen (secondary N) is 1. The number of amides is 1. The number of rotatable bonds is 8. The number of nitrogens with zero attached hydrogens (tertiary/aromatic N) is 7. The highest BCUT2D eigenvalue weighted by molar-refractivity contribution is 6.35.